The van der Waals surface area contributed by atoms with Crippen LogP contribution in [0.3, 0.4) is 0 Å². The van der Waals surface area contributed by atoms with E-state index in [0.29, 0.717) is 0 Å². The van der Waals surface area contributed by atoms with Gasteiger partial charge in [0.25, 0.3) is 0 Å². The van der Waals surface area contributed by atoms with E-state index < -0.39 is 23.6 Å². The van der Waals surface area contributed by atoms with Crippen LogP contribution in [0.15, 0.2) is 36.4 Å². The summed E-state index contributed by atoms with van der Waals surface area (Å²) in [5.74, 6) is -3.06. The van der Waals surface area contributed by atoms with Crippen LogP contribution >= 0.6 is 23.2 Å². The standard InChI is InChI=1S/C15H15ClFNO2.C9H9ClFNO2/c1-4-20-15(19)13-11(16)7-8-12(14(13)17)18-9(2)5-6-10(18)3;1-2-14-9(13)7-5(10)3-4-6(12)8(7)11/h5-8H,4H2,1-3H3;3-4H,2,12H2,1H3. The Morgan fingerprint density at radius 1 is 0.824 bits per heavy atom. The van der Waals surface area contributed by atoms with Crippen molar-refractivity contribution >= 4 is 40.8 Å². The zero-order chi connectivity index (χ0) is 25.6. The molecule has 182 valence electrons. The van der Waals surface area contributed by atoms with Crippen molar-refractivity contribution in [2.75, 3.05) is 18.9 Å². The van der Waals surface area contributed by atoms with Crippen LogP contribution in [0.5, 0.6) is 0 Å². The predicted octanol–water partition coefficient (Wildman–Crippen LogP) is 6.30. The van der Waals surface area contributed by atoms with Gasteiger partial charge in [0.15, 0.2) is 11.6 Å². The Hall–Kier alpha value is -3.10. The summed E-state index contributed by atoms with van der Waals surface area (Å²) in [4.78, 5) is 23.1. The number of nitrogens with two attached hydrogens (primary N) is 1. The third kappa shape index (κ3) is 5.87. The van der Waals surface area contributed by atoms with E-state index in [1.54, 1.807) is 24.5 Å². The molecule has 34 heavy (non-hydrogen) atoms. The topological polar surface area (TPSA) is 83.5 Å². The molecule has 0 amide bonds. The minimum atomic E-state index is -0.837. The summed E-state index contributed by atoms with van der Waals surface area (Å²) in [6.45, 7) is 7.34. The number of esters is 2. The molecule has 1 heterocycles. The first-order chi connectivity index (χ1) is 16.0. The van der Waals surface area contributed by atoms with Crippen molar-refractivity contribution < 1.29 is 27.8 Å². The highest BCUT2D eigenvalue weighted by atomic mass is 35.5. The molecule has 0 bridgehead atoms. The van der Waals surface area contributed by atoms with Crippen LogP contribution in [0.2, 0.25) is 10.0 Å². The molecule has 3 aromatic rings. The minimum absolute atomic E-state index is 0.00449. The maximum atomic E-state index is 14.6. The molecule has 0 atom stereocenters. The van der Waals surface area contributed by atoms with Crippen LogP contribution in [0.4, 0.5) is 14.5 Å². The van der Waals surface area contributed by atoms with E-state index in [4.69, 9.17) is 33.7 Å². The fourth-order valence-corrected chi connectivity index (χ4v) is 3.56. The van der Waals surface area contributed by atoms with Gasteiger partial charge in [-0.1, -0.05) is 23.2 Å². The minimum Gasteiger partial charge on any atom is -0.462 e. The largest absolute Gasteiger partial charge is 0.462 e. The molecule has 0 unspecified atom stereocenters. The maximum absolute atomic E-state index is 14.6. The smallest absolute Gasteiger partial charge is 0.342 e. The number of carbonyl (C=O) groups excluding carboxylic acids is 2. The number of aromatic nitrogens is 1. The molecule has 0 aliphatic heterocycles. The predicted molar refractivity (Wildman–Crippen MR) is 128 cm³/mol. The van der Waals surface area contributed by atoms with Crippen molar-refractivity contribution in [1.29, 1.82) is 0 Å². The van der Waals surface area contributed by atoms with Gasteiger partial charge in [0, 0.05) is 11.4 Å². The van der Waals surface area contributed by atoms with E-state index >= 15 is 0 Å². The summed E-state index contributed by atoms with van der Waals surface area (Å²) in [5.41, 5.74) is 6.66. The lowest BCUT2D eigenvalue weighted by atomic mass is 10.1. The second-order valence-electron chi connectivity index (χ2n) is 6.97. The van der Waals surface area contributed by atoms with Crippen molar-refractivity contribution in [3.63, 3.8) is 0 Å². The second kappa shape index (κ2) is 11.9. The lowest BCUT2D eigenvalue weighted by molar-refractivity contribution is 0.0511. The molecule has 6 nitrogen and oxygen atoms in total. The van der Waals surface area contributed by atoms with Gasteiger partial charge in [-0.05, 0) is 64.1 Å². The monoisotopic (exact) mass is 512 g/mol. The molecule has 2 N–H and O–H groups in total. The molecule has 0 aliphatic rings. The van der Waals surface area contributed by atoms with E-state index in [0.717, 1.165) is 11.4 Å². The highest BCUT2D eigenvalue weighted by molar-refractivity contribution is 6.34. The molecule has 0 saturated carbocycles. The quantitative estimate of drug-likeness (QED) is 0.320. The van der Waals surface area contributed by atoms with E-state index in [2.05, 4.69) is 4.74 Å². The van der Waals surface area contributed by atoms with E-state index in [9.17, 15) is 18.4 Å². The Labute approximate surface area is 206 Å². The van der Waals surface area contributed by atoms with Crippen molar-refractivity contribution in [3.8, 4) is 5.69 Å². The number of nitrogen functional groups attached to an aromatic ring is 1. The van der Waals surface area contributed by atoms with Crippen LogP contribution in [0.1, 0.15) is 46.0 Å². The molecule has 0 fully saturated rings. The van der Waals surface area contributed by atoms with Crippen LogP contribution < -0.4 is 5.73 Å². The molecule has 1 aromatic heterocycles. The van der Waals surface area contributed by atoms with Crippen molar-refractivity contribution in [1.82, 2.24) is 4.57 Å². The Kier molecular flexibility index (Phi) is 9.46. The third-order valence-electron chi connectivity index (χ3n) is 4.66. The van der Waals surface area contributed by atoms with Crippen molar-refractivity contribution in [2.24, 2.45) is 0 Å². The van der Waals surface area contributed by atoms with Crippen LogP contribution in [-0.2, 0) is 9.47 Å². The molecule has 10 heteroatoms. The van der Waals surface area contributed by atoms with Crippen molar-refractivity contribution in [3.05, 3.63) is 80.6 Å². The summed E-state index contributed by atoms with van der Waals surface area (Å²) in [5, 5.41) is 0.0438. The van der Waals surface area contributed by atoms with E-state index in [-0.39, 0.29) is 45.8 Å². The normalized spacial score (nSPS) is 10.4. The first kappa shape index (κ1) is 27.1. The first-order valence-corrected chi connectivity index (χ1v) is 11.0. The fourth-order valence-electron chi connectivity index (χ4n) is 3.11. The molecule has 0 radical (unpaired) electrons. The maximum Gasteiger partial charge on any atom is 0.342 e. The average molecular weight is 513 g/mol. The zero-order valence-corrected chi connectivity index (χ0v) is 20.6. The number of halogens is 4. The summed E-state index contributed by atoms with van der Waals surface area (Å²) in [6.07, 6.45) is 0. The molecule has 0 spiro atoms. The lowest BCUT2D eigenvalue weighted by Crippen LogP contribution is -2.11. The Morgan fingerprint density at radius 3 is 1.74 bits per heavy atom. The van der Waals surface area contributed by atoms with E-state index in [1.165, 1.54) is 18.2 Å². The van der Waals surface area contributed by atoms with E-state index in [1.807, 2.05) is 26.0 Å². The molecule has 0 saturated heterocycles. The Morgan fingerprint density at radius 2 is 1.26 bits per heavy atom. The molecule has 0 aliphatic carbocycles. The van der Waals surface area contributed by atoms with Gasteiger partial charge in [-0.3, -0.25) is 0 Å². The van der Waals surface area contributed by atoms with Crippen LogP contribution in [0.25, 0.3) is 5.69 Å². The highest BCUT2D eigenvalue weighted by Crippen LogP contribution is 2.28. The number of rotatable bonds is 5. The third-order valence-corrected chi connectivity index (χ3v) is 5.29. The van der Waals surface area contributed by atoms with Gasteiger partial charge in [-0.15, -0.1) is 0 Å². The molecular formula is C24H24Cl2F2N2O4. The second-order valence-corrected chi connectivity index (χ2v) is 7.79. The van der Waals surface area contributed by atoms with Gasteiger partial charge in [0.2, 0.25) is 0 Å². The van der Waals surface area contributed by atoms with Gasteiger partial charge in [0.05, 0.1) is 34.6 Å². The van der Waals surface area contributed by atoms with Gasteiger partial charge < -0.3 is 19.8 Å². The van der Waals surface area contributed by atoms with Crippen LogP contribution in [0, 0.1) is 25.5 Å². The SMILES string of the molecule is CCOC(=O)c1c(Cl)ccc(-n2c(C)ccc2C)c1F.CCOC(=O)c1c(Cl)ccc(N)c1F. The lowest BCUT2D eigenvalue weighted by Gasteiger charge is -2.14. The number of aryl methyl sites for hydroxylation is 2. The molecule has 2 aromatic carbocycles. The fraction of sp³-hybridized carbons (Fsp3) is 0.250. The number of ether oxygens (including phenoxy) is 2. The van der Waals surface area contributed by atoms with Gasteiger partial charge in [-0.2, -0.15) is 0 Å². The number of hydrogen-bond acceptors (Lipinski definition) is 5. The summed E-state index contributed by atoms with van der Waals surface area (Å²) >= 11 is 11.6. The Bertz CT molecular complexity index is 1190. The summed E-state index contributed by atoms with van der Waals surface area (Å²) in [7, 11) is 0. The summed E-state index contributed by atoms with van der Waals surface area (Å²) < 4.78 is 39.2. The Balaban J connectivity index is 0.000000257. The summed E-state index contributed by atoms with van der Waals surface area (Å²) in [6, 6.07) is 9.47. The number of carbonyl (C=O) groups is 2. The number of benzene rings is 2. The number of hydrogen-bond donors (Lipinski definition) is 1. The molecule has 3 rings (SSSR count). The molecular weight excluding hydrogens is 489 g/mol. The average Bonchev–Trinajstić information content (AvgIpc) is 3.10. The van der Waals surface area contributed by atoms with Crippen LogP contribution in [-0.4, -0.2) is 29.7 Å². The first-order valence-electron chi connectivity index (χ1n) is 10.3. The van der Waals surface area contributed by atoms with Gasteiger partial charge >= 0.3 is 11.9 Å². The number of anilines is 1. The van der Waals surface area contributed by atoms with Gasteiger partial charge in [-0.25, -0.2) is 18.4 Å². The van der Waals surface area contributed by atoms with Crippen molar-refractivity contribution in [2.45, 2.75) is 27.7 Å². The zero-order valence-electron chi connectivity index (χ0n) is 19.0. The van der Waals surface area contributed by atoms with Gasteiger partial charge in [0.1, 0.15) is 11.1 Å². The highest BCUT2D eigenvalue weighted by Gasteiger charge is 2.22. The number of nitrogens with zero attached hydrogens (tertiary/aromatic N) is 1.